The second-order valence-electron chi connectivity index (χ2n) is 5.75. The van der Waals surface area contributed by atoms with E-state index in [1.165, 1.54) is 5.56 Å². The molecule has 3 rings (SSSR count). The molecule has 0 aliphatic carbocycles. The third kappa shape index (κ3) is 5.20. The lowest BCUT2D eigenvalue weighted by Crippen LogP contribution is -2.48. The number of rotatable bonds is 5. The van der Waals surface area contributed by atoms with E-state index in [1.54, 1.807) is 6.92 Å². The summed E-state index contributed by atoms with van der Waals surface area (Å²) in [5.74, 6) is 1.94. The van der Waals surface area contributed by atoms with E-state index in [0.29, 0.717) is 24.4 Å². The van der Waals surface area contributed by atoms with Crippen molar-refractivity contribution in [3.63, 3.8) is 0 Å². The average Bonchev–Trinajstić information content (AvgIpc) is 2.92. The molecule has 1 aliphatic heterocycles. The zero-order valence-electron chi connectivity index (χ0n) is 13.5. The number of hydrogen-bond donors (Lipinski definition) is 1. The number of ether oxygens (including phenoxy) is 1. The predicted octanol–water partition coefficient (Wildman–Crippen LogP) is 2.17. The third-order valence-corrected chi connectivity index (χ3v) is 3.72. The third-order valence-electron chi connectivity index (χ3n) is 3.72. The molecule has 2 aromatic rings. The molecule has 0 spiro atoms. The molecule has 0 saturated carbocycles. The fourth-order valence-corrected chi connectivity index (χ4v) is 2.65. The number of nitrogens with one attached hydrogen (secondary N) is 1. The summed E-state index contributed by atoms with van der Waals surface area (Å²) in [6.07, 6.45) is 0. The van der Waals surface area contributed by atoms with E-state index in [-0.39, 0.29) is 12.4 Å². The van der Waals surface area contributed by atoms with E-state index in [1.807, 2.05) is 12.1 Å². The van der Waals surface area contributed by atoms with Gasteiger partial charge in [-0.3, -0.25) is 4.90 Å². The van der Waals surface area contributed by atoms with Crippen molar-refractivity contribution in [3.8, 4) is 5.75 Å². The molecular formula is C16H23ClN4O2. The zero-order valence-corrected chi connectivity index (χ0v) is 14.3. The summed E-state index contributed by atoms with van der Waals surface area (Å²) in [6.45, 7) is 8.55. The van der Waals surface area contributed by atoms with Gasteiger partial charge in [-0.2, -0.15) is 4.98 Å². The summed E-state index contributed by atoms with van der Waals surface area (Å²) in [6, 6.07) is 8.78. The van der Waals surface area contributed by atoms with Crippen LogP contribution >= 0.6 is 12.4 Å². The molecule has 1 aliphatic rings. The van der Waals surface area contributed by atoms with E-state index < -0.39 is 0 Å². The molecule has 23 heavy (non-hydrogen) atoms. The average molecular weight is 339 g/mol. The Morgan fingerprint density at radius 1 is 1.35 bits per heavy atom. The second kappa shape index (κ2) is 8.29. The van der Waals surface area contributed by atoms with Gasteiger partial charge in [0.15, 0.2) is 6.61 Å². The fourth-order valence-electron chi connectivity index (χ4n) is 2.65. The highest BCUT2D eigenvalue weighted by Gasteiger charge is 2.15. The predicted molar refractivity (Wildman–Crippen MR) is 89.8 cm³/mol. The smallest absolute Gasteiger partial charge is 0.223 e. The Bertz CT molecular complexity index is 602. The molecule has 0 bridgehead atoms. The molecule has 1 aromatic heterocycles. The number of halogens is 1. The van der Waals surface area contributed by atoms with Crippen LogP contribution < -0.4 is 10.1 Å². The van der Waals surface area contributed by atoms with Crippen LogP contribution in [0.4, 0.5) is 0 Å². The van der Waals surface area contributed by atoms with Gasteiger partial charge < -0.3 is 14.6 Å². The normalized spacial score (nSPS) is 18.4. The Morgan fingerprint density at radius 3 is 2.78 bits per heavy atom. The molecule has 6 nitrogen and oxygen atoms in total. The van der Waals surface area contributed by atoms with Gasteiger partial charge in [-0.25, -0.2) is 0 Å². The maximum absolute atomic E-state index is 5.66. The van der Waals surface area contributed by atoms with Crippen molar-refractivity contribution in [1.82, 2.24) is 20.4 Å². The Balaban J connectivity index is 0.00000192. The van der Waals surface area contributed by atoms with Gasteiger partial charge in [-0.1, -0.05) is 17.3 Å². The van der Waals surface area contributed by atoms with Crippen LogP contribution in [0.25, 0.3) is 0 Å². The van der Waals surface area contributed by atoms with E-state index >= 15 is 0 Å². The van der Waals surface area contributed by atoms with Crippen LogP contribution in [0.1, 0.15) is 24.2 Å². The van der Waals surface area contributed by atoms with E-state index in [4.69, 9.17) is 9.26 Å². The quantitative estimate of drug-likeness (QED) is 0.901. The van der Waals surface area contributed by atoms with Crippen molar-refractivity contribution < 1.29 is 9.26 Å². The second-order valence-corrected chi connectivity index (χ2v) is 5.75. The minimum atomic E-state index is 0. The highest BCUT2D eigenvalue weighted by molar-refractivity contribution is 5.85. The molecule has 1 fully saturated rings. The highest BCUT2D eigenvalue weighted by atomic mass is 35.5. The van der Waals surface area contributed by atoms with Gasteiger partial charge >= 0.3 is 0 Å². The zero-order chi connectivity index (χ0) is 15.4. The summed E-state index contributed by atoms with van der Waals surface area (Å²) in [5, 5.41) is 7.27. The van der Waals surface area contributed by atoms with Crippen molar-refractivity contribution >= 4 is 12.4 Å². The summed E-state index contributed by atoms with van der Waals surface area (Å²) < 4.78 is 10.6. The first-order valence-corrected chi connectivity index (χ1v) is 7.66. The van der Waals surface area contributed by atoms with E-state index in [9.17, 15) is 0 Å². The SMILES string of the molecule is Cc1nc(COc2ccc(CN3CCNC(C)C3)cc2)no1.Cl. The molecule has 1 saturated heterocycles. The minimum absolute atomic E-state index is 0. The van der Waals surface area contributed by atoms with Crippen LogP contribution in [0, 0.1) is 6.92 Å². The van der Waals surface area contributed by atoms with E-state index in [2.05, 4.69) is 39.4 Å². The lowest BCUT2D eigenvalue weighted by molar-refractivity contribution is 0.199. The molecule has 1 N–H and O–H groups in total. The Hall–Kier alpha value is -1.63. The molecule has 2 heterocycles. The lowest BCUT2D eigenvalue weighted by Gasteiger charge is -2.31. The van der Waals surface area contributed by atoms with Gasteiger partial charge in [0, 0.05) is 39.1 Å². The molecule has 0 radical (unpaired) electrons. The number of nitrogens with zero attached hydrogens (tertiary/aromatic N) is 3. The first-order valence-electron chi connectivity index (χ1n) is 7.66. The Morgan fingerprint density at radius 2 is 2.13 bits per heavy atom. The van der Waals surface area contributed by atoms with Crippen LogP contribution in [0.3, 0.4) is 0 Å². The number of hydrogen-bond acceptors (Lipinski definition) is 6. The van der Waals surface area contributed by atoms with Crippen LogP contribution in [0.15, 0.2) is 28.8 Å². The van der Waals surface area contributed by atoms with Crippen molar-refractivity contribution in [2.24, 2.45) is 0 Å². The molecule has 1 aromatic carbocycles. The molecule has 1 unspecified atom stereocenters. The largest absolute Gasteiger partial charge is 0.485 e. The van der Waals surface area contributed by atoms with Crippen molar-refractivity contribution in [1.29, 1.82) is 0 Å². The van der Waals surface area contributed by atoms with Gasteiger partial charge in [-0.15, -0.1) is 12.4 Å². The van der Waals surface area contributed by atoms with Gasteiger partial charge in [-0.05, 0) is 24.6 Å². The minimum Gasteiger partial charge on any atom is -0.485 e. The van der Waals surface area contributed by atoms with Crippen LogP contribution in [-0.2, 0) is 13.2 Å². The number of piperazine rings is 1. The Kier molecular flexibility index (Phi) is 6.38. The summed E-state index contributed by atoms with van der Waals surface area (Å²) in [7, 11) is 0. The molecular weight excluding hydrogens is 316 g/mol. The monoisotopic (exact) mass is 338 g/mol. The Labute approximate surface area is 142 Å². The maximum atomic E-state index is 5.66. The van der Waals surface area contributed by atoms with Crippen LogP contribution in [-0.4, -0.2) is 40.7 Å². The molecule has 1 atom stereocenters. The van der Waals surface area contributed by atoms with Gasteiger partial charge in [0.2, 0.25) is 11.7 Å². The summed E-state index contributed by atoms with van der Waals surface area (Å²) in [4.78, 5) is 6.58. The fraction of sp³-hybridized carbons (Fsp3) is 0.500. The van der Waals surface area contributed by atoms with Crippen molar-refractivity contribution in [2.75, 3.05) is 19.6 Å². The molecule has 0 amide bonds. The van der Waals surface area contributed by atoms with Crippen LogP contribution in [0.5, 0.6) is 5.75 Å². The molecule has 126 valence electrons. The van der Waals surface area contributed by atoms with Gasteiger partial charge in [0.1, 0.15) is 5.75 Å². The van der Waals surface area contributed by atoms with Crippen molar-refractivity contribution in [2.45, 2.75) is 33.0 Å². The topological polar surface area (TPSA) is 63.4 Å². The first kappa shape index (κ1) is 17.7. The highest BCUT2D eigenvalue weighted by Crippen LogP contribution is 2.15. The van der Waals surface area contributed by atoms with Crippen molar-refractivity contribution in [3.05, 3.63) is 41.5 Å². The van der Waals surface area contributed by atoms with Gasteiger partial charge in [0.25, 0.3) is 0 Å². The first-order chi connectivity index (χ1) is 10.7. The number of aromatic nitrogens is 2. The number of aryl methyl sites for hydroxylation is 1. The van der Waals surface area contributed by atoms with E-state index in [0.717, 1.165) is 31.9 Å². The molecule has 7 heteroatoms. The standard InChI is InChI=1S/C16H22N4O2.ClH/c1-12-9-20(8-7-17-12)10-14-3-5-15(6-4-14)21-11-16-18-13(2)22-19-16;/h3-6,12,17H,7-11H2,1-2H3;1H. The summed E-state index contributed by atoms with van der Waals surface area (Å²) >= 11 is 0. The van der Waals surface area contributed by atoms with Gasteiger partial charge in [0.05, 0.1) is 0 Å². The maximum Gasteiger partial charge on any atom is 0.223 e. The summed E-state index contributed by atoms with van der Waals surface area (Å²) in [5.41, 5.74) is 1.30. The number of benzene rings is 1. The lowest BCUT2D eigenvalue weighted by atomic mass is 10.1. The van der Waals surface area contributed by atoms with Crippen LogP contribution in [0.2, 0.25) is 0 Å².